The highest BCUT2D eigenvalue weighted by Crippen LogP contribution is 2.46. The SMILES string of the molecule is c1ccc(-c2ccc(N(c3ccc(-c4ccccc4)cc3)c3ccc(-c4c(-c5ccccc5)ccc5c4oc4c6ccccc6c(-c6ccccc6)cc54)cc3)cc2)cc1. The van der Waals surface area contributed by atoms with Crippen molar-refractivity contribution in [3.05, 3.63) is 237 Å². The van der Waals surface area contributed by atoms with Crippen LogP contribution in [0.4, 0.5) is 17.1 Å². The molecule has 0 atom stereocenters. The summed E-state index contributed by atoms with van der Waals surface area (Å²) in [6.07, 6.45) is 0. The number of benzene rings is 10. The van der Waals surface area contributed by atoms with E-state index in [0.717, 1.165) is 66.6 Å². The van der Waals surface area contributed by atoms with Crippen LogP contribution in [0.15, 0.2) is 241 Å². The van der Waals surface area contributed by atoms with Crippen LogP contribution in [-0.2, 0) is 0 Å². The van der Waals surface area contributed by atoms with Crippen LogP contribution in [0.5, 0.6) is 0 Å². The summed E-state index contributed by atoms with van der Waals surface area (Å²) >= 11 is 0. The average Bonchev–Trinajstić information content (AvgIpc) is 3.72. The van der Waals surface area contributed by atoms with E-state index >= 15 is 0 Å². The molecule has 2 nitrogen and oxygen atoms in total. The Bertz CT molecular complexity index is 3160. The Labute approximate surface area is 349 Å². The molecule has 1 aromatic heterocycles. The number of fused-ring (bicyclic) bond motifs is 5. The van der Waals surface area contributed by atoms with E-state index in [1.165, 1.54) is 38.8 Å². The molecule has 60 heavy (non-hydrogen) atoms. The zero-order valence-electron chi connectivity index (χ0n) is 32.9. The van der Waals surface area contributed by atoms with E-state index in [-0.39, 0.29) is 0 Å². The average molecular weight is 766 g/mol. The third-order valence-corrected chi connectivity index (χ3v) is 11.7. The molecule has 1 heterocycles. The van der Waals surface area contributed by atoms with Crippen LogP contribution in [0.3, 0.4) is 0 Å². The van der Waals surface area contributed by atoms with E-state index in [9.17, 15) is 0 Å². The summed E-state index contributed by atoms with van der Waals surface area (Å²) in [5.41, 5.74) is 16.6. The summed E-state index contributed by atoms with van der Waals surface area (Å²) in [6.45, 7) is 0. The van der Waals surface area contributed by atoms with Crippen LogP contribution in [0.1, 0.15) is 0 Å². The number of furan rings is 1. The van der Waals surface area contributed by atoms with Gasteiger partial charge in [-0.1, -0.05) is 188 Å². The van der Waals surface area contributed by atoms with Crippen molar-refractivity contribution in [3.8, 4) is 55.6 Å². The van der Waals surface area contributed by atoms with E-state index in [1.54, 1.807) is 0 Å². The smallest absolute Gasteiger partial charge is 0.143 e. The molecule has 0 saturated carbocycles. The Morgan fingerprint density at radius 1 is 0.250 bits per heavy atom. The molecule has 0 fully saturated rings. The fourth-order valence-corrected chi connectivity index (χ4v) is 8.75. The molecule has 0 amide bonds. The van der Waals surface area contributed by atoms with Crippen molar-refractivity contribution in [2.45, 2.75) is 0 Å². The molecule has 0 aliphatic heterocycles. The van der Waals surface area contributed by atoms with Crippen molar-refractivity contribution in [1.29, 1.82) is 0 Å². The standard InChI is InChI=1S/C58H39NO/c1-5-15-40(16-6-1)42-25-31-47(32-26-42)59(48-33-27-43(28-34-48)41-17-7-2-8-18-41)49-35-29-46(30-36-49)56-50(44-19-9-3-10-20-44)37-38-53-55-39-54(45-21-11-4-12-22-45)51-23-13-14-24-52(51)57(55)60-58(53)56/h1-39H. The number of hydrogen-bond donors (Lipinski definition) is 0. The molecule has 10 aromatic carbocycles. The second-order valence-corrected chi connectivity index (χ2v) is 15.3. The molecule has 0 radical (unpaired) electrons. The van der Waals surface area contributed by atoms with Crippen LogP contribution in [0.25, 0.3) is 88.3 Å². The predicted octanol–water partition coefficient (Wildman–Crippen LogP) is 16.5. The van der Waals surface area contributed by atoms with E-state index in [2.05, 4.69) is 241 Å². The molecule has 282 valence electrons. The first-order valence-corrected chi connectivity index (χ1v) is 20.5. The van der Waals surface area contributed by atoms with Gasteiger partial charge in [0.2, 0.25) is 0 Å². The molecular weight excluding hydrogens is 727 g/mol. The lowest BCUT2D eigenvalue weighted by Gasteiger charge is -2.26. The molecule has 0 aliphatic rings. The van der Waals surface area contributed by atoms with E-state index in [4.69, 9.17) is 4.42 Å². The highest BCUT2D eigenvalue weighted by atomic mass is 16.3. The van der Waals surface area contributed by atoms with Gasteiger partial charge in [0, 0.05) is 38.8 Å². The molecular formula is C58H39NO. The second-order valence-electron chi connectivity index (χ2n) is 15.3. The van der Waals surface area contributed by atoms with E-state index in [1.807, 2.05) is 0 Å². The topological polar surface area (TPSA) is 16.4 Å². The molecule has 0 aliphatic carbocycles. The van der Waals surface area contributed by atoms with Crippen molar-refractivity contribution in [2.24, 2.45) is 0 Å². The summed E-state index contributed by atoms with van der Waals surface area (Å²) in [4.78, 5) is 2.34. The van der Waals surface area contributed by atoms with Crippen LogP contribution in [0, 0.1) is 0 Å². The Hall–Kier alpha value is -7.94. The Kier molecular flexibility index (Phi) is 8.87. The minimum atomic E-state index is 0.888. The zero-order chi connectivity index (χ0) is 39.8. The lowest BCUT2D eigenvalue weighted by molar-refractivity contribution is 0.674. The highest BCUT2D eigenvalue weighted by Gasteiger charge is 2.21. The molecule has 0 unspecified atom stereocenters. The first-order chi connectivity index (χ1) is 29.8. The Balaban J connectivity index is 1.07. The normalized spacial score (nSPS) is 11.3. The number of rotatable bonds is 8. The number of anilines is 3. The van der Waals surface area contributed by atoms with Gasteiger partial charge in [-0.2, -0.15) is 0 Å². The van der Waals surface area contributed by atoms with Crippen molar-refractivity contribution < 1.29 is 4.42 Å². The van der Waals surface area contributed by atoms with Gasteiger partial charge in [0.05, 0.1) is 0 Å². The van der Waals surface area contributed by atoms with Gasteiger partial charge in [0.15, 0.2) is 0 Å². The van der Waals surface area contributed by atoms with Crippen molar-refractivity contribution in [3.63, 3.8) is 0 Å². The molecule has 0 spiro atoms. The monoisotopic (exact) mass is 765 g/mol. The van der Waals surface area contributed by atoms with Gasteiger partial charge in [-0.25, -0.2) is 0 Å². The predicted molar refractivity (Wildman–Crippen MR) is 253 cm³/mol. The summed E-state index contributed by atoms with van der Waals surface area (Å²) in [5.74, 6) is 0. The highest BCUT2D eigenvalue weighted by molar-refractivity contribution is 6.21. The minimum Gasteiger partial charge on any atom is -0.455 e. The maximum atomic E-state index is 7.11. The molecule has 0 saturated heterocycles. The lowest BCUT2D eigenvalue weighted by Crippen LogP contribution is -2.09. The molecule has 11 rings (SSSR count). The summed E-state index contributed by atoms with van der Waals surface area (Å²) < 4.78 is 7.11. The van der Waals surface area contributed by atoms with Crippen molar-refractivity contribution in [1.82, 2.24) is 0 Å². The first kappa shape index (κ1) is 35.2. The van der Waals surface area contributed by atoms with Gasteiger partial charge in [-0.15, -0.1) is 0 Å². The third kappa shape index (κ3) is 6.32. The second kappa shape index (κ2) is 15.1. The molecule has 0 N–H and O–H groups in total. The summed E-state index contributed by atoms with van der Waals surface area (Å²) in [7, 11) is 0. The fourth-order valence-electron chi connectivity index (χ4n) is 8.75. The van der Waals surface area contributed by atoms with E-state index in [0.29, 0.717) is 0 Å². The number of nitrogens with zero attached hydrogens (tertiary/aromatic N) is 1. The van der Waals surface area contributed by atoms with Gasteiger partial charge in [0.1, 0.15) is 11.2 Å². The number of hydrogen-bond acceptors (Lipinski definition) is 2. The maximum absolute atomic E-state index is 7.11. The minimum absolute atomic E-state index is 0.888. The zero-order valence-corrected chi connectivity index (χ0v) is 32.9. The van der Waals surface area contributed by atoms with Crippen molar-refractivity contribution >= 4 is 49.8 Å². The third-order valence-electron chi connectivity index (χ3n) is 11.7. The van der Waals surface area contributed by atoms with E-state index < -0.39 is 0 Å². The maximum Gasteiger partial charge on any atom is 0.143 e. The molecule has 11 aromatic rings. The van der Waals surface area contributed by atoms with Gasteiger partial charge >= 0.3 is 0 Å². The molecule has 0 bridgehead atoms. The fraction of sp³-hybridized carbons (Fsp3) is 0. The first-order valence-electron chi connectivity index (χ1n) is 20.5. The van der Waals surface area contributed by atoms with Crippen molar-refractivity contribution in [2.75, 3.05) is 4.90 Å². The van der Waals surface area contributed by atoms with Gasteiger partial charge < -0.3 is 9.32 Å². The quantitative estimate of drug-likeness (QED) is 0.153. The summed E-state index contributed by atoms with van der Waals surface area (Å²) in [6, 6.07) is 84.6. The van der Waals surface area contributed by atoms with Crippen LogP contribution in [0.2, 0.25) is 0 Å². The van der Waals surface area contributed by atoms with Crippen LogP contribution < -0.4 is 4.90 Å². The largest absolute Gasteiger partial charge is 0.455 e. The summed E-state index contributed by atoms with van der Waals surface area (Å²) in [5, 5.41) is 4.51. The van der Waals surface area contributed by atoms with Gasteiger partial charge in [-0.05, 0) is 104 Å². The Morgan fingerprint density at radius 3 is 1.13 bits per heavy atom. The van der Waals surface area contributed by atoms with Crippen LogP contribution in [-0.4, -0.2) is 0 Å². The Morgan fingerprint density at radius 2 is 0.633 bits per heavy atom. The van der Waals surface area contributed by atoms with Gasteiger partial charge in [-0.3, -0.25) is 0 Å². The lowest BCUT2D eigenvalue weighted by atomic mass is 9.91. The molecule has 2 heteroatoms. The van der Waals surface area contributed by atoms with Gasteiger partial charge in [0.25, 0.3) is 0 Å². The van der Waals surface area contributed by atoms with Crippen LogP contribution >= 0.6 is 0 Å².